The Bertz CT molecular complexity index is 511. The Morgan fingerprint density at radius 2 is 2.27 bits per heavy atom. The van der Waals surface area contributed by atoms with Gasteiger partial charge in [0, 0.05) is 10.7 Å². The minimum absolute atomic E-state index is 0.0693. The zero-order chi connectivity index (χ0) is 10.8. The van der Waals surface area contributed by atoms with Crippen LogP contribution in [-0.2, 0) is 0 Å². The van der Waals surface area contributed by atoms with Crippen LogP contribution in [0.2, 0.25) is 0 Å². The van der Waals surface area contributed by atoms with E-state index in [9.17, 15) is 4.79 Å². The Hall–Kier alpha value is -1.76. The van der Waals surface area contributed by atoms with E-state index in [1.807, 2.05) is 0 Å². The van der Waals surface area contributed by atoms with Crippen LogP contribution in [0.25, 0.3) is 11.6 Å². The van der Waals surface area contributed by atoms with E-state index in [1.165, 1.54) is 0 Å². The summed E-state index contributed by atoms with van der Waals surface area (Å²) < 4.78 is 5.56. The smallest absolute Gasteiger partial charge is 0.393 e. The topological polar surface area (TPSA) is 89.1 Å². The molecule has 0 saturated carbocycles. The van der Waals surface area contributed by atoms with Gasteiger partial charge in [-0.3, -0.25) is 0 Å². The number of hydrogen-bond acceptors (Lipinski definition) is 5. The molecule has 2 heterocycles. The van der Waals surface area contributed by atoms with Gasteiger partial charge in [0.2, 0.25) is 0 Å². The molecule has 76 valence electrons. The normalized spacial score (nSPS) is 10.2. The maximum atomic E-state index is 10.5. The molecule has 0 unspecified atom stereocenters. The molecule has 1 N–H and O–H groups in total. The third kappa shape index (κ3) is 1.86. The molecule has 7 heteroatoms. The first-order chi connectivity index (χ1) is 7.18. The quantitative estimate of drug-likeness (QED) is 0.891. The molecule has 0 amide bonds. The molecule has 0 saturated heterocycles. The van der Waals surface area contributed by atoms with Crippen LogP contribution in [0.15, 0.2) is 27.2 Å². The van der Waals surface area contributed by atoms with Crippen LogP contribution in [0.5, 0.6) is 0 Å². The van der Waals surface area contributed by atoms with Gasteiger partial charge in [-0.1, -0.05) is 0 Å². The average molecular weight is 270 g/mol. The number of aromatic carboxylic acids is 1. The van der Waals surface area contributed by atoms with Gasteiger partial charge in [0.15, 0.2) is 0 Å². The summed E-state index contributed by atoms with van der Waals surface area (Å²) >= 11 is 3.24. The fourth-order valence-corrected chi connectivity index (χ4v) is 1.37. The van der Waals surface area contributed by atoms with E-state index >= 15 is 0 Å². The van der Waals surface area contributed by atoms with Crippen molar-refractivity contribution in [2.24, 2.45) is 0 Å². The second-order valence-corrected chi connectivity index (χ2v) is 3.41. The highest BCUT2D eigenvalue weighted by Crippen LogP contribution is 2.23. The molecule has 0 fully saturated rings. The highest BCUT2D eigenvalue weighted by Gasteiger charge is 2.16. The molecular formula is C8H4BrN3O3. The van der Waals surface area contributed by atoms with E-state index in [0.717, 1.165) is 0 Å². The molecule has 0 spiro atoms. The van der Waals surface area contributed by atoms with Crippen LogP contribution in [0.4, 0.5) is 0 Å². The van der Waals surface area contributed by atoms with Gasteiger partial charge in [-0.15, -0.1) is 10.2 Å². The van der Waals surface area contributed by atoms with Crippen LogP contribution in [0.3, 0.4) is 0 Å². The van der Waals surface area contributed by atoms with E-state index in [4.69, 9.17) is 9.52 Å². The lowest BCUT2D eigenvalue weighted by molar-refractivity contribution is 0.0654. The number of carboxylic acid groups (broad SMARTS) is 1. The molecule has 6 nitrogen and oxygen atoms in total. The second-order valence-electron chi connectivity index (χ2n) is 2.55. The van der Waals surface area contributed by atoms with Crippen molar-refractivity contribution >= 4 is 21.9 Å². The van der Waals surface area contributed by atoms with Crippen LogP contribution >= 0.6 is 15.9 Å². The summed E-state index contributed by atoms with van der Waals surface area (Å²) in [6.07, 6.45) is 1.55. The summed E-state index contributed by atoms with van der Waals surface area (Å²) in [5.74, 6) is -1.65. The van der Waals surface area contributed by atoms with Crippen molar-refractivity contribution in [1.29, 1.82) is 0 Å². The Kier molecular flexibility index (Phi) is 2.46. The van der Waals surface area contributed by atoms with Gasteiger partial charge in [-0.25, -0.2) is 9.78 Å². The summed E-state index contributed by atoms with van der Waals surface area (Å²) in [5.41, 5.74) is 0.414. The highest BCUT2D eigenvalue weighted by molar-refractivity contribution is 9.10. The predicted octanol–water partition coefficient (Wildman–Crippen LogP) is 1.59. The third-order valence-corrected chi connectivity index (χ3v) is 2.21. The number of aromatic nitrogens is 3. The molecule has 0 aliphatic rings. The van der Waals surface area contributed by atoms with E-state index in [2.05, 4.69) is 31.1 Å². The Labute approximate surface area is 92.1 Å². The Morgan fingerprint density at radius 3 is 2.87 bits per heavy atom. The highest BCUT2D eigenvalue weighted by atomic mass is 79.9. The molecule has 0 aromatic carbocycles. The van der Waals surface area contributed by atoms with Gasteiger partial charge in [0.05, 0.1) is 0 Å². The lowest BCUT2D eigenvalue weighted by Gasteiger charge is -1.95. The Morgan fingerprint density at radius 1 is 1.47 bits per heavy atom. The number of halogens is 1. The summed E-state index contributed by atoms with van der Waals surface area (Å²) in [6, 6.07) is 3.47. The molecule has 0 radical (unpaired) electrons. The fraction of sp³-hybridized carbons (Fsp3) is 0. The summed E-state index contributed by atoms with van der Waals surface area (Å²) in [4.78, 5) is 14.5. The average Bonchev–Trinajstić information content (AvgIpc) is 2.67. The largest absolute Gasteiger partial charge is 0.474 e. The standard InChI is InChI=1S/C8H4BrN3O3/c9-4-2-1-3-10-5(4)6-11-12-7(15-6)8(13)14/h1-3H,(H,13,14). The summed E-state index contributed by atoms with van der Waals surface area (Å²) in [5, 5.41) is 15.5. The zero-order valence-corrected chi connectivity index (χ0v) is 8.80. The van der Waals surface area contributed by atoms with Gasteiger partial charge >= 0.3 is 11.9 Å². The van der Waals surface area contributed by atoms with Gasteiger partial charge in [0.25, 0.3) is 5.89 Å². The van der Waals surface area contributed by atoms with Crippen LogP contribution in [0.1, 0.15) is 10.7 Å². The summed E-state index contributed by atoms with van der Waals surface area (Å²) in [7, 11) is 0. The monoisotopic (exact) mass is 269 g/mol. The van der Waals surface area contributed by atoms with Gasteiger partial charge in [0.1, 0.15) is 5.69 Å². The molecule has 2 aromatic heterocycles. The maximum absolute atomic E-state index is 10.5. The van der Waals surface area contributed by atoms with Crippen LogP contribution in [0, 0.1) is 0 Å². The first-order valence-electron chi connectivity index (χ1n) is 3.86. The molecule has 0 atom stereocenters. The molecule has 15 heavy (non-hydrogen) atoms. The van der Waals surface area contributed by atoms with Gasteiger partial charge in [-0.2, -0.15) is 0 Å². The SMILES string of the molecule is O=C(O)c1nnc(-c2ncccc2Br)o1. The van der Waals surface area contributed by atoms with Crippen LogP contribution < -0.4 is 0 Å². The van der Waals surface area contributed by atoms with Crippen LogP contribution in [-0.4, -0.2) is 26.3 Å². The van der Waals surface area contributed by atoms with Crippen molar-refractivity contribution in [2.75, 3.05) is 0 Å². The van der Waals surface area contributed by atoms with E-state index in [-0.39, 0.29) is 5.89 Å². The number of nitrogens with zero attached hydrogens (tertiary/aromatic N) is 3. The van der Waals surface area contributed by atoms with Crippen molar-refractivity contribution in [3.63, 3.8) is 0 Å². The van der Waals surface area contributed by atoms with Gasteiger partial charge < -0.3 is 9.52 Å². The molecule has 0 aliphatic carbocycles. The van der Waals surface area contributed by atoms with Crippen molar-refractivity contribution in [1.82, 2.24) is 15.2 Å². The number of carbonyl (C=O) groups is 1. The lowest BCUT2D eigenvalue weighted by Crippen LogP contribution is -1.95. The number of rotatable bonds is 2. The van der Waals surface area contributed by atoms with E-state index in [0.29, 0.717) is 10.2 Å². The first kappa shape index (κ1) is 9.78. The van der Waals surface area contributed by atoms with Crippen molar-refractivity contribution in [3.8, 4) is 11.6 Å². The Balaban J connectivity index is 2.46. The fourth-order valence-electron chi connectivity index (χ4n) is 0.948. The molecular weight excluding hydrogens is 266 g/mol. The van der Waals surface area contributed by atoms with E-state index < -0.39 is 11.9 Å². The number of pyridine rings is 1. The summed E-state index contributed by atoms with van der Waals surface area (Å²) in [6.45, 7) is 0. The first-order valence-corrected chi connectivity index (χ1v) is 4.65. The zero-order valence-electron chi connectivity index (χ0n) is 7.22. The number of carboxylic acids is 1. The predicted molar refractivity (Wildman–Crippen MR) is 52.2 cm³/mol. The lowest BCUT2D eigenvalue weighted by atomic mass is 10.3. The molecule has 0 aliphatic heterocycles. The number of hydrogen-bond donors (Lipinski definition) is 1. The van der Waals surface area contributed by atoms with E-state index in [1.54, 1.807) is 18.3 Å². The second kappa shape index (κ2) is 3.77. The third-order valence-electron chi connectivity index (χ3n) is 1.57. The minimum atomic E-state index is -1.26. The van der Waals surface area contributed by atoms with Crippen molar-refractivity contribution in [3.05, 3.63) is 28.7 Å². The molecule has 2 rings (SSSR count). The molecule has 0 bridgehead atoms. The maximum Gasteiger partial charge on any atom is 0.393 e. The molecule has 2 aromatic rings. The van der Waals surface area contributed by atoms with Crippen molar-refractivity contribution < 1.29 is 14.3 Å². The minimum Gasteiger partial charge on any atom is -0.474 e. The van der Waals surface area contributed by atoms with Gasteiger partial charge in [-0.05, 0) is 28.1 Å². The van der Waals surface area contributed by atoms with Crippen molar-refractivity contribution in [2.45, 2.75) is 0 Å².